The first-order valence-corrected chi connectivity index (χ1v) is 10.0. The maximum Gasteiger partial charge on any atom is 0.409 e. The molecule has 2 heterocycles. The van der Waals surface area contributed by atoms with Crippen LogP contribution in [0.2, 0.25) is 0 Å². The summed E-state index contributed by atoms with van der Waals surface area (Å²) in [6.45, 7) is 4.64. The second-order valence-electron chi connectivity index (χ2n) is 7.02. The number of halogens is 1. The number of carbonyl (C=O) groups is 1. The van der Waals surface area contributed by atoms with Gasteiger partial charge in [0.15, 0.2) is 12.8 Å². The Balaban J connectivity index is 1.46. The second kappa shape index (κ2) is 10.3. The molecule has 1 fully saturated rings. The van der Waals surface area contributed by atoms with Gasteiger partial charge >= 0.3 is 6.09 Å². The first-order chi connectivity index (χ1) is 14.1. The van der Waals surface area contributed by atoms with Crippen LogP contribution in [0, 0.1) is 5.82 Å². The molecular formula is C20H29FN4O4. The molecule has 2 N–H and O–H groups in total. The van der Waals surface area contributed by atoms with E-state index in [1.54, 1.807) is 18.9 Å². The molecule has 1 saturated heterocycles. The number of likely N-dealkylation sites (tertiary alicyclic amines) is 1. The molecule has 2 aliphatic heterocycles. The molecule has 0 bridgehead atoms. The summed E-state index contributed by atoms with van der Waals surface area (Å²) in [5, 5.41) is 6.66. The Morgan fingerprint density at radius 1 is 1.38 bits per heavy atom. The molecule has 8 nitrogen and oxygen atoms in total. The van der Waals surface area contributed by atoms with Crippen molar-refractivity contribution in [2.24, 2.45) is 4.99 Å². The van der Waals surface area contributed by atoms with Crippen molar-refractivity contribution >= 4 is 12.1 Å². The summed E-state index contributed by atoms with van der Waals surface area (Å²) in [5.41, 5.74) is 1.55. The molecule has 0 atom stereocenters. The van der Waals surface area contributed by atoms with Crippen molar-refractivity contribution in [1.82, 2.24) is 15.5 Å². The van der Waals surface area contributed by atoms with Crippen LogP contribution in [-0.2, 0) is 22.5 Å². The minimum Gasteiger partial charge on any atom is -0.467 e. The number of amides is 1. The predicted octanol–water partition coefficient (Wildman–Crippen LogP) is 2.02. The van der Waals surface area contributed by atoms with Gasteiger partial charge in [-0.05, 0) is 43.9 Å². The summed E-state index contributed by atoms with van der Waals surface area (Å²) in [7, 11) is 1.72. The monoisotopic (exact) mass is 408 g/mol. The van der Waals surface area contributed by atoms with Crippen LogP contribution in [0.25, 0.3) is 0 Å². The highest BCUT2D eigenvalue weighted by Gasteiger charge is 2.24. The number of guanidine groups is 1. The minimum atomic E-state index is -0.288. The van der Waals surface area contributed by atoms with E-state index in [2.05, 4.69) is 15.6 Å². The number of nitrogens with one attached hydrogen (secondary N) is 2. The number of aliphatic imine (C=N–C) groups is 1. The number of fused-ring (bicyclic) bond motifs is 1. The summed E-state index contributed by atoms with van der Waals surface area (Å²) in [6.07, 6.45) is 2.00. The molecule has 1 aromatic carbocycles. The van der Waals surface area contributed by atoms with E-state index in [1.165, 1.54) is 12.1 Å². The fourth-order valence-corrected chi connectivity index (χ4v) is 3.57. The number of hydrogen-bond donors (Lipinski definition) is 2. The molecule has 1 amide bonds. The van der Waals surface area contributed by atoms with Crippen LogP contribution in [0.3, 0.4) is 0 Å². The lowest BCUT2D eigenvalue weighted by molar-refractivity contribution is -0.0172. The van der Waals surface area contributed by atoms with Gasteiger partial charge in [-0.1, -0.05) is 0 Å². The Morgan fingerprint density at radius 2 is 2.17 bits per heavy atom. The average Bonchev–Trinajstić information content (AvgIpc) is 2.73. The first kappa shape index (κ1) is 21.2. The van der Waals surface area contributed by atoms with Crippen LogP contribution in [-0.4, -0.2) is 63.1 Å². The van der Waals surface area contributed by atoms with E-state index in [-0.39, 0.29) is 24.7 Å². The fraction of sp³-hybridized carbons (Fsp3) is 0.600. The molecule has 0 saturated carbocycles. The predicted molar refractivity (Wildman–Crippen MR) is 107 cm³/mol. The number of hydrogen-bond acceptors (Lipinski definition) is 5. The van der Waals surface area contributed by atoms with E-state index in [0.29, 0.717) is 51.0 Å². The lowest BCUT2D eigenvalue weighted by Crippen LogP contribution is -2.50. The van der Waals surface area contributed by atoms with Gasteiger partial charge in [-0.3, -0.25) is 4.99 Å². The third-order valence-electron chi connectivity index (χ3n) is 5.02. The molecule has 0 aromatic heterocycles. The van der Waals surface area contributed by atoms with E-state index in [4.69, 9.17) is 14.2 Å². The molecule has 29 heavy (non-hydrogen) atoms. The van der Waals surface area contributed by atoms with Crippen LogP contribution in [0.5, 0.6) is 5.75 Å². The quantitative estimate of drug-likeness (QED) is 0.573. The zero-order valence-corrected chi connectivity index (χ0v) is 17.0. The highest BCUT2D eigenvalue weighted by Crippen LogP contribution is 2.29. The summed E-state index contributed by atoms with van der Waals surface area (Å²) >= 11 is 0. The van der Waals surface area contributed by atoms with E-state index in [0.717, 1.165) is 24.0 Å². The summed E-state index contributed by atoms with van der Waals surface area (Å²) < 4.78 is 29.7. The van der Waals surface area contributed by atoms with Gasteiger partial charge in [-0.15, -0.1) is 0 Å². The Kier molecular flexibility index (Phi) is 7.51. The largest absolute Gasteiger partial charge is 0.467 e. The standard InChI is InChI=1S/C20H29FN4O4/c1-3-28-20(26)25-8-5-17(6-9-25)24-19(22-2)23-7-4-14-10-16(21)11-15-12-27-13-29-18(14)15/h10-11,17H,3-9,12-13H2,1-2H3,(H2,22,23,24). The number of ether oxygens (including phenoxy) is 3. The number of rotatable bonds is 5. The lowest BCUT2D eigenvalue weighted by Gasteiger charge is -2.32. The third kappa shape index (κ3) is 5.72. The van der Waals surface area contributed by atoms with Gasteiger partial charge in [0.05, 0.1) is 13.2 Å². The molecule has 0 aliphatic carbocycles. The lowest BCUT2D eigenvalue weighted by atomic mass is 10.1. The van der Waals surface area contributed by atoms with Crippen molar-refractivity contribution in [3.05, 3.63) is 29.1 Å². The van der Waals surface area contributed by atoms with Crippen LogP contribution < -0.4 is 15.4 Å². The molecule has 0 radical (unpaired) electrons. The van der Waals surface area contributed by atoms with Crippen molar-refractivity contribution in [3.63, 3.8) is 0 Å². The maximum absolute atomic E-state index is 13.8. The average molecular weight is 408 g/mol. The van der Waals surface area contributed by atoms with Crippen LogP contribution >= 0.6 is 0 Å². The molecule has 160 valence electrons. The Hall–Kier alpha value is -2.55. The molecule has 2 aliphatic rings. The molecule has 1 aromatic rings. The summed E-state index contributed by atoms with van der Waals surface area (Å²) in [5.74, 6) is 1.12. The van der Waals surface area contributed by atoms with Crippen LogP contribution in [0.4, 0.5) is 9.18 Å². The number of nitrogens with zero attached hydrogens (tertiary/aromatic N) is 2. The normalized spacial score (nSPS) is 17.3. The summed E-state index contributed by atoms with van der Waals surface area (Å²) in [4.78, 5) is 17.8. The highest BCUT2D eigenvalue weighted by molar-refractivity contribution is 5.80. The van der Waals surface area contributed by atoms with E-state index >= 15 is 0 Å². The van der Waals surface area contributed by atoms with E-state index in [9.17, 15) is 9.18 Å². The van der Waals surface area contributed by atoms with Gasteiger partial charge in [-0.2, -0.15) is 0 Å². The smallest absolute Gasteiger partial charge is 0.409 e. The van der Waals surface area contributed by atoms with E-state index in [1.807, 2.05) is 0 Å². The Bertz CT molecular complexity index is 735. The molecule has 0 spiro atoms. The minimum absolute atomic E-state index is 0.187. The molecule has 3 rings (SSSR count). The van der Waals surface area contributed by atoms with Crippen molar-refractivity contribution in [3.8, 4) is 5.75 Å². The third-order valence-corrected chi connectivity index (χ3v) is 5.02. The maximum atomic E-state index is 13.8. The van der Waals surface area contributed by atoms with Gasteiger partial charge in [-0.25, -0.2) is 9.18 Å². The highest BCUT2D eigenvalue weighted by atomic mass is 19.1. The second-order valence-corrected chi connectivity index (χ2v) is 7.02. The number of piperidine rings is 1. The molecule has 0 unspecified atom stereocenters. The SMILES string of the molecule is CCOC(=O)N1CCC(NC(=NC)NCCc2cc(F)cc3c2OCOC3)CC1. The van der Waals surface area contributed by atoms with Crippen molar-refractivity contribution in [2.45, 2.75) is 38.8 Å². The van der Waals surface area contributed by atoms with Gasteiger partial charge in [0.1, 0.15) is 11.6 Å². The zero-order chi connectivity index (χ0) is 20.6. The fourth-order valence-electron chi connectivity index (χ4n) is 3.57. The van der Waals surface area contributed by atoms with Gasteiger partial charge in [0.2, 0.25) is 0 Å². The number of carbonyl (C=O) groups excluding carboxylic acids is 1. The van der Waals surface area contributed by atoms with Crippen molar-refractivity contribution in [1.29, 1.82) is 0 Å². The van der Waals surface area contributed by atoms with E-state index < -0.39 is 0 Å². The summed E-state index contributed by atoms with van der Waals surface area (Å²) in [6, 6.07) is 3.19. The Labute approximate surface area is 170 Å². The Morgan fingerprint density at radius 3 is 2.90 bits per heavy atom. The van der Waals surface area contributed by atoms with Gasteiger partial charge in [0, 0.05) is 38.3 Å². The number of benzene rings is 1. The topological polar surface area (TPSA) is 84.4 Å². The van der Waals surface area contributed by atoms with Gasteiger partial charge in [0.25, 0.3) is 0 Å². The van der Waals surface area contributed by atoms with Crippen LogP contribution in [0.15, 0.2) is 17.1 Å². The van der Waals surface area contributed by atoms with Gasteiger partial charge < -0.3 is 29.7 Å². The van der Waals surface area contributed by atoms with Crippen molar-refractivity contribution in [2.75, 3.05) is 40.1 Å². The molecule has 9 heteroatoms. The first-order valence-electron chi connectivity index (χ1n) is 10.0. The van der Waals surface area contributed by atoms with Crippen LogP contribution in [0.1, 0.15) is 30.9 Å². The zero-order valence-electron chi connectivity index (χ0n) is 17.0. The van der Waals surface area contributed by atoms with Crippen molar-refractivity contribution < 1.29 is 23.4 Å². The molecular weight excluding hydrogens is 379 g/mol.